The first-order valence-corrected chi connectivity index (χ1v) is 7.76. The third-order valence-corrected chi connectivity index (χ3v) is 4.00. The van der Waals surface area contributed by atoms with Gasteiger partial charge in [-0.05, 0) is 12.1 Å². The Balaban J connectivity index is 2.76. The van der Waals surface area contributed by atoms with Gasteiger partial charge in [0, 0.05) is 24.7 Å². The third kappa shape index (κ3) is 6.43. The second-order valence-electron chi connectivity index (χ2n) is 4.36. The molecule has 1 amide bonds. The number of amides is 1. The number of nitrogens with zero attached hydrogens (tertiary/aromatic N) is 2. The van der Waals surface area contributed by atoms with Gasteiger partial charge >= 0.3 is 5.97 Å². The summed E-state index contributed by atoms with van der Waals surface area (Å²) < 4.78 is 4.83. The molecule has 1 rings (SSSR count). The monoisotopic (exact) mass is 362 g/mol. The molecule has 0 aliphatic rings. The highest BCUT2D eigenvalue weighted by Gasteiger charge is 2.20. The number of carboxylic acid groups (broad SMARTS) is 1. The Kier molecular flexibility index (Phi) is 7.79. The number of carboxylic acids is 1. The van der Waals surface area contributed by atoms with E-state index in [1.807, 2.05) is 0 Å². The number of aliphatic carboxylic acids is 1. The normalized spacial score (nSPS) is 10.3. The van der Waals surface area contributed by atoms with E-state index in [1.165, 1.54) is 25.3 Å². The minimum absolute atomic E-state index is 0.126. The number of methoxy groups -OCH3 is 1. The summed E-state index contributed by atoms with van der Waals surface area (Å²) in [4.78, 5) is 34.7. The largest absolute Gasteiger partial charge is 0.480 e. The van der Waals surface area contributed by atoms with Gasteiger partial charge < -0.3 is 14.7 Å². The summed E-state index contributed by atoms with van der Waals surface area (Å²) in [5, 5.41) is 20.0. The number of thioether (sulfide) groups is 1. The molecule has 0 aliphatic carbocycles. The second kappa shape index (κ2) is 9.33. The number of rotatable bonds is 9. The van der Waals surface area contributed by atoms with Crippen LogP contribution in [0.4, 0.5) is 5.69 Å². The number of halogens is 1. The molecule has 0 heterocycles. The maximum Gasteiger partial charge on any atom is 0.323 e. The number of ether oxygens (including phenoxy) is 1. The summed E-state index contributed by atoms with van der Waals surface area (Å²) in [5.74, 6) is -1.71. The van der Waals surface area contributed by atoms with Crippen molar-refractivity contribution >= 4 is 40.9 Å². The highest BCUT2D eigenvalue weighted by Crippen LogP contribution is 2.31. The number of nitro benzene ring substituents is 1. The second-order valence-corrected chi connectivity index (χ2v) is 5.81. The highest BCUT2D eigenvalue weighted by molar-refractivity contribution is 8.00. The molecule has 0 fully saturated rings. The molecule has 10 heteroatoms. The van der Waals surface area contributed by atoms with E-state index in [0.717, 1.165) is 16.7 Å². The third-order valence-electron chi connectivity index (χ3n) is 2.71. The van der Waals surface area contributed by atoms with Gasteiger partial charge in [0.25, 0.3) is 5.69 Å². The fourth-order valence-electron chi connectivity index (χ4n) is 1.64. The fraction of sp³-hybridized carbons (Fsp3) is 0.385. The summed E-state index contributed by atoms with van der Waals surface area (Å²) in [6.45, 7) is -0.124. The Morgan fingerprint density at radius 1 is 1.48 bits per heavy atom. The number of nitro groups is 1. The lowest BCUT2D eigenvalue weighted by Gasteiger charge is -2.20. The first-order valence-electron chi connectivity index (χ1n) is 6.40. The average Bonchev–Trinajstić information content (AvgIpc) is 2.49. The van der Waals surface area contributed by atoms with Gasteiger partial charge in [-0.25, -0.2) is 0 Å². The molecule has 126 valence electrons. The van der Waals surface area contributed by atoms with Crippen LogP contribution in [-0.2, 0) is 14.3 Å². The van der Waals surface area contributed by atoms with E-state index >= 15 is 0 Å². The topological polar surface area (TPSA) is 110 Å². The van der Waals surface area contributed by atoms with Crippen LogP contribution in [0.15, 0.2) is 23.1 Å². The average molecular weight is 363 g/mol. The van der Waals surface area contributed by atoms with Crippen LogP contribution >= 0.6 is 23.4 Å². The van der Waals surface area contributed by atoms with Crippen molar-refractivity contribution < 1.29 is 24.4 Å². The minimum atomic E-state index is -1.14. The van der Waals surface area contributed by atoms with Crippen LogP contribution in [0, 0.1) is 10.1 Å². The smallest absolute Gasteiger partial charge is 0.323 e. The van der Waals surface area contributed by atoms with Crippen LogP contribution in [0.1, 0.15) is 0 Å². The van der Waals surface area contributed by atoms with Crippen molar-refractivity contribution in [2.45, 2.75) is 4.90 Å². The summed E-state index contributed by atoms with van der Waals surface area (Å²) >= 11 is 6.68. The Labute approximate surface area is 141 Å². The SMILES string of the molecule is COCCN(CC(=O)O)C(=O)CSc1ccc(Cl)cc1[N+](=O)[O-]. The molecular weight excluding hydrogens is 348 g/mol. The van der Waals surface area contributed by atoms with Crippen molar-refractivity contribution in [2.75, 3.05) is 32.6 Å². The van der Waals surface area contributed by atoms with Gasteiger partial charge in [-0.1, -0.05) is 11.6 Å². The minimum Gasteiger partial charge on any atom is -0.480 e. The standard InChI is InChI=1S/C13H15ClN2O6S/c1-22-5-4-15(7-13(18)19)12(17)8-23-11-3-2-9(14)6-10(11)16(20)21/h2-3,6H,4-5,7-8H2,1H3,(H,18,19). The molecule has 0 bridgehead atoms. The Bertz CT molecular complexity index is 598. The molecule has 0 unspecified atom stereocenters. The molecule has 23 heavy (non-hydrogen) atoms. The maximum atomic E-state index is 12.1. The van der Waals surface area contributed by atoms with Crippen LogP contribution < -0.4 is 0 Å². The Morgan fingerprint density at radius 3 is 2.74 bits per heavy atom. The first-order chi connectivity index (χ1) is 10.8. The van der Waals surface area contributed by atoms with E-state index in [1.54, 1.807) is 0 Å². The zero-order valence-electron chi connectivity index (χ0n) is 12.2. The maximum absolute atomic E-state index is 12.1. The molecule has 0 aliphatic heterocycles. The molecule has 0 aromatic heterocycles. The molecule has 1 aromatic carbocycles. The molecule has 0 atom stereocenters. The number of hydrogen-bond acceptors (Lipinski definition) is 6. The van der Waals surface area contributed by atoms with E-state index in [0.29, 0.717) is 0 Å². The van der Waals surface area contributed by atoms with Crippen molar-refractivity contribution in [2.24, 2.45) is 0 Å². The molecular formula is C13H15ClN2O6S. The van der Waals surface area contributed by atoms with Crippen molar-refractivity contribution in [1.82, 2.24) is 4.90 Å². The summed E-state index contributed by atoms with van der Waals surface area (Å²) in [6, 6.07) is 4.14. The van der Waals surface area contributed by atoms with Crippen LogP contribution in [0.25, 0.3) is 0 Å². The summed E-state index contributed by atoms with van der Waals surface area (Å²) in [7, 11) is 1.44. The van der Waals surface area contributed by atoms with Crippen LogP contribution in [0.2, 0.25) is 5.02 Å². The van der Waals surface area contributed by atoms with E-state index in [-0.39, 0.29) is 34.5 Å². The molecule has 0 spiro atoms. The lowest BCUT2D eigenvalue weighted by Crippen LogP contribution is -2.39. The van der Waals surface area contributed by atoms with Crippen LogP contribution in [0.5, 0.6) is 0 Å². The number of carbonyl (C=O) groups is 2. The van der Waals surface area contributed by atoms with Crippen LogP contribution in [0.3, 0.4) is 0 Å². The van der Waals surface area contributed by atoms with Crippen molar-refractivity contribution in [3.8, 4) is 0 Å². The summed E-state index contributed by atoms with van der Waals surface area (Å²) in [5.41, 5.74) is -0.197. The molecule has 1 N–H and O–H groups in total. The number of carbonyl (C=O) groups excluding carboxylic acids is 1. The van der Waals surface area contributed by atoms with Gasteiger partial charge in [-0.3, -0.25) is 19.7 Å². The lowest BCUT2D eigenvalue weighted by molar-refractivity contribution is -0.387. The molecule has 0 radical (unpaired) electrons. The van der Waals surface area contributed by atoms with E-state index in [9.17, 15) is 19.7 Å². The zero-order chi connectivity index (χ0) is 17.4. The lowest BCUT2D eigenvalue weighted by atomic mass is 10.3. The van der Waals surface area contributed by atoms with Gasteiger partial charge in [0.05, 0.1) is 22.2 Å². The molecule has 0 saturated carbocycles. The molecule has 8 nitrogen and oxygen atoms in total. The quantitative estimate of drug-likeness (QED) is 0.405. The van der Waals surface area contributed by atoms with Crippen molar-refractivity contribution in [3.05, 3.63) is 33.3 Å². The predicted octanol–water partition coefficient (Wildman–Crippen LogP) is 1.90. The Hall–Kier alpha value is -1.84. The Morgan fingerprint density at radius 2 is 2.17 bits per heavy atom. The zero-order valence-corrected chi connectivity index (χ0v) is 13.8. The summed E-state index contributed by atoms with van der Waals surface area (Å²) in [6.07, 6.45) is 0. The predicted molar refractivity (Wildman–Crippen MR) is 84.9 cm³/mol. The van der Waals surface area contributed by atoms with E-state index < -0.39 is 23.3 Å². The van der Waals surface area contributed by atoms with Crippen molar-refractivity contribution in [3.63, 3.8) is 0 Å². The van der Waals surface area contributed by atoms with Gasteiger partial charge in [-0.2, -0.15) is 0 Å². The fourth-order valence-corrected chi connectivity index (χ4v) is 2.72. The highest BCUT2D eigenvalue weighted by atomic mass is 35.5. The van der Waals surface area contributed by atoms with Crippen LogP contribution in [-0.4, -0.2) is 59.4 Å². The number of hydrogen-bond donors (Lipinski definition) is 1. The van der Waals surface area contributed by atoms with Gasteiger partial charge in [-0.15, -0.1) is 11.8 Å². The number of benzene rings is 1. The molecule has 0 saturated heterocycles. The van der Waals surface area contributed by atoms with Gasteiger partial charge in [0.15, 0.2) is 0 Å². The van der Waals surface area contributed by atoms with Crippen molar-refractivity contribution in [1.29, 1.82) is 0 Å². The van der Waals surface area contributed by atoms with E-state index in [2.05, 4.69) is 0 Å². The van der Waals surface area contributed by atoms with Gasteiger partial charge in [0.1, 0.15) is 6.54 Å². The molecule has 1 aromatic rings. The van der Waals surface area contributed by atoms with E-state index in [4.69, 9.17) is 21.4 Å². The first kappa shape index (κ1) is 19.2. The van der Waals surface area contributed by atoms with Gasteiger partial charge in [0.2, 0.25) is 5.91 Å².